The van der Waals surface area contributed by atoms with Crippen molar-refractivity contribution in [1.29, 1.82) is 0 Å². The third-order valence-corrected chi connectivity index (χ3v) is 2.11. The number of hydrogen-bond donors (Lipinski definition) is 3. The molecule has 1 rings (SSSR count). The zero-order valence-electron chi connectivity index (χ0n) is 7.24. The van der Waals surface area contributed by atoms with Crippen LogP contribution in [0.2, 0.25) is 10.2 Å². The van der Waals surface area contributed by atoms with Gasteiger partial charge >= 0.3 is 0 Å². The van der Waals surface area contributed by atoms with Gasteiger partial charge in [0.25, 0.3) is 0 Å². The second kappa shape index (κ2) is 5.36. The molecule has 0 aliphatic heterocycles. The summed E-state index contributed by atoms with van der Waals surface area (Å²) < 4.78 is 0. The minimum absolute atomic E-state index is 0.207. The van der Waals surface area contributed by atoms with Crippen molar-refractivity contribution in [2.75, 3.05) is 18.5 Å². The normalized spacial score (nSPS) is 10.6. The number of rotatable bonds is 4. The Balaban J connectivity index is 2.79. The molecule has 0 saturated carbocycles. The highest BCUT2D eigenvalue weighted by atomic mass is 35.5. The average Bonchev–Trinajstić information content (AvgIpc) is 2.19. The maximum Gasteiger partial charge on any atom is 0.146 e. The summed E-state index contributed by atoms with van der Waals surface area (Å²) in [6, 6.07) is 2.66. The smallest absolute Gasteiger partial charge is 0.146 e. The summed E-state index contributed by atoms with van der Waals surface area (Å²) in [5.74, 6) is 0.354. The zero-order chi connectivity index (χ0) is 10.6. The Hall–Kier alpha value is -0.550. The SMILES string of the molecule is OCC(CO)Nc1nc(Cl)ccc1Cl. The van der Waals surface area contributed by atoms with Gasteiger partial charge in [-0.3, -0.25) is 0 Å². The Labute approximate surface area is 91.5 Å². The van der Waals surface area contributed by atoms with Crippen molar-refractivity contribution >= 4 is 29.0 Å². The largest absolute Gasteiger partial charge is 0.394 e. The van der Waals surface area contributed by atoms with Crippen LogP contribution >= 0.6 is 23.2 Å². The maximum absolute atomic E-state index is 8.82. The molecule has 0 bridgehead atoms. The lowest BCUT2D eigenvalue weighted by molar-refractivity contribution is 0.203. The van der Waals surface area contributed by atoms with Gasteiger partial charge < -0.3 is 15.5 Å². The Morgan fingerprint density at radius 3 is 2.50 bits per heavy atom. The highest BCUT2D eigenvalue weighted by Crippen LogP contribution is 2.21. The summed E-state index contributed by atoms with van der Waals surface area (Å²) in [7, 11) is 0. The second-order valence-corrected chi connectivity index (χ2v) is 3.47. The predicted molar refractivity (Wildman–Crippen MR) is 55.8 cm³/mol. The lowest BCUT2D eigenvalue weighted by atomic mass is 10.3. The quantitative estimate of drug-likeness (QED) is 0.687. The van der Waals surface area contributed by atoms with E-state index in [0.717, 1.165) is 0 Å². The fraction of sp³-hybridized carbons (Fsp3) is 0.375. The van der Waals surface area contributed by atoms with E-state index >= 15 is 0 Å². The first-order chi connectivity index (χ1) is 6.67. The summed E-state index contributed by atoms with van der Waals surface area (Å²) in [4.78, 5) is 3.91. The fourth-order valence-electron chi connectivity index (χ4n) is 0.862. The van der Waals surface area contributed by atoms with Gasteiger partial charge in [0.2, 0.25) is 0 Å². The van der Waals surface area contributed by atoms with Crippen molar-refractivity contribution in [1.82, 2.24) is 4.98 Å². The number of anilines is 1. The monoisotopic (exact) mass is 236 g/mol. The van der Waals surface area contributed by atoms with Crippen molar-refractivity contribution in [3.8, 4) is 0 Å². The fourth-order valence-corrected chi connectivity index (χ4v) is 1.17. The van der Waals surface area contributed by atoms with Gasteiger partial charge in [-0.15, -0.1) is 0 Å². The van der Waals surface area contributed by atoms with Crippen molar-refractivity contribution in [2.45, 2.75) is 6.04 Å². The molecule has 4 nitrogen and oxygen atoms in total. The van der Waals surface area contributed by atoms with E-state index < -0.39 is 6.04 Å². The minimum Gasteiger partial charge on any atom is -0.394 e. The number of nitrogens with zero attached hydrogens (tertiary/aromatic N) is 1. The highest BCUT2D eigenvalue weighted by Gasteiger charge is 2.09. The van der Waals surface area contributed by atoms with Crippen LogP contribution < -0.4 is 5.32 Å². The minimum atomic E-state index is -0.488. The van der Waals surface area contributed by atoms with Crippen molar-refractivity contribution in [3.05, 3.63) is 22.3 Å². The molecule has 0 unspecified atom stereocenters. The molecule has 3 N–H and O–H groups in total. The molecule has 1 heterocycles. The van der Waals surface area contributed by atoms with E-state index in [2.05, 4.69) is 10.3 Å². The van der Waals surface area contributed by atoms with E-state index in [1.54, 1.807) is 12.1 Å². The van der Waals surface area contributed by atoms with Crippen LogP contribution in [0.3, 0.4) is 0 Å². The molecule has 0 spiro atoms. The van der Waals surface area contributed by atoms with E-state index in [1.165, 1.54) is 0 Å². The number of aliphatic hydroxyl groups is 2. The molecule has 78 valence electrons. The number of hydrogen-bond acceptors (Lipinski definition) is 4. The van der Waals surface area contributed by atoms with Crippen LogP contribution in [-0.2, 0) is 0 Å². The van der Waals surface area contributed by atoms with Crippen LogP contribution in [-0.4, -0.2) is 34.5 Å². The molecule has 0 aromatic carbocycles. The lowest BCUT2D eigenvalue weighted by Crippen LogP contribution is -2.28. The molecular weight excluding hydrogens is 227 g/mol. The lowest BCUT2D eigenvalue weighted by Gasteiger charge is -2.14. The van der Waals surface area contributed by atoms with Gasteiger partial charge in [-0.1, -0.05) is 23.2 Å². The van der Waals surface area contributed by atoms with Crippen LogP contribution in [0, 0.1) is 0 Å². The number of halogens is 2. The van der Waals surface area contributed by atoms with Gasteiger partial charge in [-0.05, 0) is 12.1 Å². The summed E-state index contributed by atoms with van der Waals surface area (Å²) in [5.41, 5.74) is 0. The molecule has 14 heavy (non-hydrogen) atoms. The molecule has 0 amide bonds. The van der Waals surface area contributed by atoms with E-state index in [1.807, 2.05) is 0 Å². The maximum atomic E-state index is 8.82. The standard InChI is InChI=1S/C8H10Cl2N2O2/c9-6-1-2-7(10)12-8(6)11-5(3-13)4-14/h1-2,5,13-14H,3-4H2,(H,11,12). The molecule has 0 aliphatic rings. The summed E-state index contributed by atoms with van der Waals surface area (Å²) in [5, 5.41) is 21.1. The molecule has 0 saturated heterocycles. The number of aromatic nitrogens is 1. The number of aliphatic hydroxyl groups excluding tert-OH is 2. The van der Waals surface area contributed by atoms with Gasteiger partial charge in [0.15, 0.2) is 0 Å². The molecule has 0 atom stereocenters. The first kappa shape index (κ1) is 11.5. The molecule has 0 aliphatic carbocycles. The van der Waals surface area contributed by atoms with Crippen LogP contribution in [0.25, 0.3) is 0 Å². The van der Waals surface area contributed by atoms with Gasteiger partial charge in [-0.2, -0.15) is 0 Å². The molecule has 0 radical (unpaired) electrons. The number of pyridine rings is 1. The van der Waals surface area contributed by atoms with Crippen LogP contribution in [0.1, 0.15) is 0 Å². The Morgan fingerprint density at radius 1 is 1.29 bits per heavy atom. The Bertz CT molecular complexity index is 305. The molecule has 1 aromatic rings. The summed E-state index contributed by atoms with van der Waals surface area (Å²) in [6.45, 7) is -0.415. The second-order valence-electron chi connectivity index (χ2n) is 2.67. The first-order valence-electron chi connectivity index (χ1n) is 3.97. The van der Waals surface area contributed by atoms with E-state index in [9.17, 15) is 0 Å². The van der Waals surface area contributed by atoms with Crippen LogP contribution in [0.4, 0.5) is 5.82 Å². The van der Waals surface area contributed by atoms with E-state index in [-0.39, 0.29) is 13.2 Å². The predicted octanol–water partition coefficient (Wildman–Crippen LogP) is 1.15. The average molecular weight is 237 g/mol. The Kier molecular flexibility index (Phi) is 4.41. The molecule has 1 aromatic heterocycles. The van der Waals surface area contributed by atoms with Crippen LogP contribution in [0.15, 0.2) is 12.1 Å². The molecule has 0 fully saturated rings. The van der Waals surface area contributed by atoms with Gasteiger partial charge in [0.1, 0.15) is 11.0 Å². The van der Waals surface area contributed by atoms with Gasteiger partial charge in [-0.25, -0.2) is 4.98 Å². The third kappa shape index (κ3) is 2.99. The van der Waals surface area contributed by atoms with Crippen LogP contribution in [0.5, 0.6) is 0 Å². The molecular formula is C8H10Cl2N2O2. The first-order valence-corrected chi connectivity index (χ1v) is 4.73. The number of nitrogens with one attached hydrogen (secondary N) is 1. The zero-order valence-corrected chi connectivity index (χ0v) is 8.76. The van der Waals surface area contributed by atoms with E-state index in [4.69, 9.17) is 33.4 Å². The molecule has 6 heteroatoms. The van der Waals surface area contributed by atoms with Crippen molar-refractivity contribution in [3.63, 3.8) is 0 Å². The Morgan fingerprint density at radius 2 is 1.93 bits per heavy atom. The van der Waals surface area contributed by atoms with E-state index in [0.29, 0.717) is 16.0 Å². The van der Waals surface area contributed by atoms with Gasteiger partial charge in [0, 0.05) is 0 Å². The summed E-state index contributed by atoms with van der Waals surface area (Å²) >= 11 is 11.5. The van der Waals surface area contributed by atoms with Gasteiger partial charge in [0.05, 0.1) is 24.3 Å². The summed E-state index contributed by atoms with van der Waals surface area (Å²) in [6.07, 6.45) is 0. The van der Waals surface area contributed by atoms with Crippen molar-refractivity contribution < 1.29 is 10.2 Å². The third-order valence-electron chi connectivity index (χ3n) is 1.59. The topological polar surface area (TPSA) is 65.4 Å². The van der Waals surface area contributed by atoms with Crippen molar-refractivity contribution in [2.24, 2.45) is 0 Å². The highest BCUT2D eigenvalue weighted by molar-refractivity contribution is 6.34.